The number of aryl methyl sites for hydroxylation is 2. The van der Waals surface area contributed by atoms with Gasteiger partial charge in [-0.2, -0.15) is 0 Å². The number of benzene rings is 3. The van der Waals surface area contributed by atoms with Gasteiger partial charge >= 0.3 is 0 Å². The van der Waals surface area contributed by atoms with Gasteiger partial charge in [0.15, 0.2) is 5.65 Å². The van der Waals surface area contributed by atoms with Gasteiger partial charge < -0.3 is 20.0 Å². The molecule has 1 amide bonds. The summed E-state index contributed by atoms with van der Waals surface area (Å²) >= 11 is 0. The lowest BCUT2D eigenvalue weighted by Crippen LogP contribution is -2.53. The van der Waals surface area contributed by atoms with Crippen molar-refractivity contribution in [2.75, 3.05) is 57.3 Å². The average Bonchev–Trinajstić information content (AvgIpc) is 3.47. The van der Waals surface area contributed by atoms with Gasteiger partial charge in [-0.05, 0) is 72.0 Å². The van der Waals surface area contributed by atoms with E-state index in [1.807, 2.05) is 36.4 Å². The molecule has 49 heavy (non-hydrogen) atoms. The first-order chi connectivity index (χ1) is 23.6. The number of piperazine rings is 1. The van der Waals surface area contributed by atoms with E-state index in [-0.39, 0.29) is 18.3 Å². The van der Waals surface area contributed by atoms with Crippen LogP contribution in [0.5, 0.6) is 0 Å². The molecule has 0 bridgehead atoms. The molecule has 11 heteroatoms. The summed E-state index contributed by atoms with van der Waals surface area (Å²) in [5.74, 6) is -0.320. The van der Waals surface area contributed by atoms with E-state index in [2.05, 4.69) is 35.8 Å². The van der Waals surface area contributed by atoms with Crippen molar-refractivity contribution in [1.29, 1.82) is 0 Å². The van der Waals surface area contributed by atoms with E-state index in [1.54, 1.807) is 41.6 Å². The Morgan fingerprint density at radius 1 is 0.878 bits per heavy atom. The maximum Gasteiger partial charge on any atom is 0.254 e. The SMILES string of the molecule is Cc1cc(-c2cnc3c(c2)c(-c2ccc(C(=O)N4CC(O)C4)cc2)cn3S(=O)(=O)Cc2ccccc2)cc(C)c1N1CCN(CCO)CC1. The molecule has 0 atom stereocenters. The molecular formula is C38H41N5O5S. The first kappa shape index (κ1) is 33.0. The van der Waals surface area contributed by atoms with E-state index in [9.17, 15) is 23.4 Å². The maximum absolute atomic E-state index is 13.9. The largest absolute Gasteiger partial charge is 0.395 e. The van der Waals surface area contributed by atoms with E-state index in [0.717, 1.165) is 54.0 Å². The first-order valence-electron chi connectivity index (χ1n) is 16.7. The Morgan fingerprint density at radius 3 is 2.18 bits per heavy atom. The van der Waals surface area contributed by atoms with Crippen molar-refractivity contribution >= 4 is 32.7 Å². The third kappa shape index (κ3) is 6.59. The number of hydrogen-bond acceptors (Lipinski definition) is 8. The summed E-state index contributed by atoms with van der Waals surface area (Å²) in [6, 6.07) is 22.6. The van der Waals surface area contributed by atoms with Crippen molar-refractivity contribution in [2.45, 2.75) is 25.7 Å². The summed E-state index contributed by atoms with van der Waals surface area (Å²) in [4.78, 5) is 23.9. The van der Waals surface area contributed by atoms with Crippen LogP contribution >= 0.6 is 0 Å². The predicted molar refractivity (Wildman–Crippen MR) is 192 cm³/mol. The standard InChI is InChI=1S/C38H41N5O5S/c1-26-18-31(19-27(2)36(26)41-14-12-40(13-15-41)16-17-44)32-20-34-35(29-8-10-30(11-9-29)38(46)42-22-33(45)23-42)24-43(37(34)39-21-32)49(47,48)25-28-6-4-3-5-7-28/h3-11,18-21,24,33,44-45H,12-17,22-23,25H2,1-2H3. The van der Waals surface area contributed by atoms with Crippen LogP contribution in [0.4, 0.5) is 5.69 Å². The Labute approximate surface area is 286 Å². The fourth-order valence-electron chi connectivity index (χ4n) is 7.09. The van der Waals surface area contributed by atoms with Gasteiger partial charge in [-0.3, -0.25) is 9.69 Å². The van der Waals surface area contributed by atoms with Crippen LogP contribution in [-0.2, 0) is 15.8 Å². The molecule has 3 aromatic carbocycles. The molecule has 2 saturated heterocycles. The highest BCUT2D eigenvalue weighted by Crippen LogP contribution is 2.37. The highest BCUT2D eigenvalue weighted by molar-refractivity contribution is 7.89. The normalized spacial score (nSPS) is 15.9. The number of amides is 1. The summed E-state index contributed by atoms with van der Waals surface area (Å²) in [6.45, 7) is 9.37. The van der Waals surface area contributed by atoms with Gasteiger partial charge in [0.2, 0.25) is 10.0 Å². The monoisotopic (exact) mass is 679 g/mol. The number of aliphatic hydroxyl groups is 2. The summed E-state index contributed by atoms with van der Waals surface area (Å²) < 4.78 is 29.0. The minimum absolute atomic E-state index is 0.144. The van der Waals surface area contributed by atoms with Crippen molar-refractivity contribution in [3.63, 3.8) is 0 Å². The Balaban J connectivity index is 1.27. The quantitative estimate of drug-likeness (QED) is 0.237. The third-order valence-electron chi connectivity index (χ3n) is 9.62. The molecule has 0 unspecified atom stereocenters. The Morgan fingerprint density at radius 2 is 1.55 bits per heavy atom. The Hall–Kier alpha value is -4.55. The van der Waals surface area contributed by atoms with Crippen molar-refractivity contribution in [3.05, 3.63) is 107 Å². The van der Waals surface area contributed by atoms with Crippen LogP contribution in [0.15, 0.2) is 85.2 Å². The molecule has 0 radical (unpaired) electrons. The number of carbonyl (C=O) groups excluding carboxylic acids is 1. The van der Waals surface area contributed by atoms with Gasteiger partial charge in [-0.1, -0.05) is 42.5 Å². The molecule has 0 aliphatic carbocycles. The Kier molecular flexibility index (Phi) is 9.01. The molecule has 7 rings (SSSR count). The number of carbonyl (C=O) groups is 1. The number of aliphatic hydroxyl groups excluding tert-OH is 2. The summed E-state index contributed by atoms with van der Waals surface area (Å²) in [5.41, 5.74) is 8.41. The third-order valence-corrected chi connectivity index (χ3v) is 11.2. The molecule has 10 nitrogen and oxygen atoms in total. The molecule has 5 aromatic rings. The number of rotatable bonds is 9. The fourth-order valence-corrected chi connectivity index (χ4v) is 8.52. The molecule has 0 spiro atoms. The summed E-state index contributed by atoms with van der Waals surface area (Å²) in [6.07, 6.45) is 2.90. The van der Waals surface area contributed by atoms with Crippen LogP contribution in [-0.4, -0.2) is 102 Å². The second kappa shape index (κ2) is 13.4. The minimum atomic E-state index is -3.83. The molecule has 2 N–H and O–H groups in total. The number of aromatic nitrogens is 2. The fraction of sp³-hybridized carbons (Fsp3) is 0.316. The van der Waals surface area contributed by atoms with E-state index in [1.165, 1.54) is 9.66 Å². The van der Waals surface area contributed by atoms with Crippen LogP contribution in [0.25, 0.3) is 33.3 Å². The average molecular weight is 680 g/mol. The molecule has 2 aliphatic rings. The van der Waals surface area contributed by atoms with Gasteiger partial charge in [0, 0.05) is 86.0 Å². The van der Waals surface area contributed by atoms with Crippen molar-refractivity contribution in [1.82, 2.24) is 18.8 Å². The number of anilines is 1. The first-order valence-corrected chi connectivity index (χ1v) is 18.3. The molecule has 254 valence electrons. The molecule has 2 aliphatic heterocycles. The minimum Gasteiger partial charge on any atom is -0.395 e. The second-order valence-corrected chi connectivity index (χ2v) is 15.0. The van der Waals surface area contributed by atoms with Crippen molar-refractivity contribution in [3.8, 4) is 22.3 Å². The highest BCUT2D eigenvalue weighted by Gasteiger charge is 2.30. The number of β-amino-alcohol motifs (C(OH)–C–C–N with tert-alkyl or cyclic N) is 2. The number of pyridine rings is 1. The maximum atomic E-state index is 13.9. The highest BCUT2D eigenvalue weighted by atomic mass is 32.2. The topological polar surface area (TPSA) is 119 Å². The zero-order chi connectivity index (χ0) is 34.3. The molecule has 2 fully saturated rings. The second-order valence-electron chi connectivity index (χ2n) is 13.1. The lowest BCUT2D eigenvalue weighted by molar-refractivity contribution is 0.00589. The Bertz CT molecular complexity index is 2080. The van der Waals surface area contributed by atoms with Crippen LogP contribution in [0.3, 0.4) is 0 Å². The van der Waals surface area contributed by atoms with E-state index < -0.39 is 16.1 Å². The zero-order valence-electron chi connectivity index (χ0n) is 27.8. The van der Waals surface area contributed by atoms with Gasteiger partial charge in [0.1, 0.15) is 0 Å². The number of fused-ring (bicyclic) bond motifs is 1. The molecular weight excluding hydrogens is 639 g/mol. The smallest absolute Gasteiger partial charge is 0.254 e. The van der Waals surface area contributed by atoms with Crippen LogP contribution in [0.1, 0.15) is 27.0 Å². The van der Waals surface area contributed by atoms with Crippen LogP contribution in [0.2, 0.25) is 0 Å². The molecule has 2 aromatic heterocycles. The van der Waals surface area contributed by atoms with E-state index in [4.69, 9.17) is 4.98 Å². The summed E-state index contributed by atoms with van der Waals surface area (Å²) in [5, 5.41) is 19.7. The number of nitrogens with zero attached hydrogens (tertiary/aromatic N) is 5. The molecule has 0 saturated carbocycles. The van der Waals surface area contributed by atoms with Gasteiger partial charge in [0.25, 0.3) is 5.91 Å². The zero-order valence-corrected chi connectivity index (χ0v) is 28.6. The lowest BCUT2D eigenvalue weighted by Gasteiger charge is -2.37. The van der Waals surface area contributed by atoms with Crippen molar-refractivity contribution < 1.29 is 23.4 Å². The van der Waals surface area contributed by atoms with Gasteiger partial charge in [-0.15, -0.1) is 0 Å². The predicted octanol–water partition coefficient (Wildman–Crippen LogP) is 4.30. The van der Waals surface area contributed by atoms with Gasteiger partial charge in [0.05, 0.1) is 18.5 Å². The molecule has 4 heterocycles. The van der Waals surface area contributed by atoms with Gasteiger partial charge in [-0.25, -0.2) is 17.4 Å². The van der Waals surface area contributed by atoms with Crippen molar-refractivity contribution in [2.24, 2.45) is 0 Å². The number of likely N-dealkylation sites (tertiary alicyclic amines) is 1. The van der Waals surface area contributed by atoms with E-state index >= 15 is 0 Å². The van der Waals surface area contributed by atoms with Crippen LogP contribution in [0, 0.1) is 13.8 Å². The van der Waals surface area contributed by atoms with Crippen LogP contribution < -0.4 is 4.90 Å². The van der Waals surface area contributed by atoms with E-state index in [0.29, 0.717) is 47.4 Å². The number of hydrogen-bond donors (Lipinski definition) is 2. The lowest BCUT2D eigenvalue weighted by atomic mass is 9.97. The summed E-state index contributed by atoms with van der Waals surface area (Å²) in [7, 11) is -3.83.